The fourth-order valence-corrected chi connectivity index (χ4v) is 4.21. The minimum Gasteiger partial charge on any atom is -0.472 e. The van der Waals surface area contributed by atoms with Gasteiger partial charge in [0.15, 0.2) is 0 Å². The zero-order valence-corrected chi connectivity index (χ0v) is 17.3. The first-order valence-corrected chi connectivity index (χ1v) is 10.7. The molecule has 0 unspecified atom stereocenters. The molecule has 1 aliphatic heterocycles. The number of piperidine rings is 1. The summed E-state index contributed by atoms with van der Waals surface area (Å²) in [7, 11) is 0. The van der Waals surface area contributed by atoms with Gasteiger partial charge in [-0.15, -0.1) is 11.8 Å². The van der Waals surface area contributed by atoms with Gasteiger partial charge in [-0.1, -0.05) is 26.0 Å². The quantitative estimate of drug-likeness (QED) is 0.714. The van der Waals surface area contributed by atoms with Crippen LogP contribution in [0, 0.1) is 5.92 Å². The summed E-state index contributed by atoms with van der Waals surface area (Å²) in [4.78, 5) is 27.7. The number of carbonyl (C=O) groups is 2. The van der Waals surface area contributed by atoms with Crippen molar-refractivity contribution in [1.29, 1.82) is 0 Å². The molecule has 1 aromatic heterocycles. The maximum Gasteiger partial charge on any atom is 0.257 e. The fraction of sp³-hybridized carbons (Fsp3) is 0.455. The van der Waals surface area contributed by atoms with Gasteiger partial charge in [-0.3, -0.25) is 9.59 Å². The monoisotopic (exact) mass is 400 g/mol. The maximum atomic E-state index is 12.3. The van der Waals surface area contributed by atoms with Gasteiger partial charge >= 0.3 is 0 Å². The number of rotatable bonds is 7. The van der Waals surface area contributed by atoms with Crippen LogP contribution in [0.5, 0.6) is 0 Å². The van der Waals surface area contributed by atoms with Crippen molar-refractivity contribution < 1.29 is 14.0 Å². The van der Waals surface area contributed by atoms with E-state index in [1.165, 1.54) is 17.4 Å². The summed E-state index contributed by atoms with van der Waals surface area (Å²) in [5.41, 5.74) is 1.63. The lowest BCUT2D eigenvalue weighted by Crippen LogP contribution is -2.41. The van der Waals surface area contributed by atoms with Crippen LogP contribution in [0.1, 0.15) is 42.6 Å². The Kier molecular flexibility index (Phi) is 7.20. The lowest BCUT2D eigenvalue weighted by Gasteiger charge is -2.31. The van der Waals surface area contributed by atoms with E-state index in [0.717, 1.165) is 31.5 Å². The van der Waals surface area contributed by atoms with Crippen LogP contribution in [-0.2, 0) is 11.2 Å². The number of hydrogen-bond acceptors (Lipinski definition) is 4. The van der Waals surface area contributed by atoms with E-state index in [1.54, 1.807) is 6.07 Å². The highest BCUT2D eigenvalue weighted by atomic mass is 32.2. The van der Waals surface area contributed by atoms with E-state index >= 15 is 0 Å². The molecule has 150 valence electrons. The molecule has 6 heteroatoms. The Morgan fingerprint density at radius 3 is 2.50 bits per heavy atom. The highest BCUT2D eigenvalue weighted by molar-refractivity contribution is 7.99. The summed E-state index contributed by atoms with van der Waals surface area (Å²) in [5.74, 6) is 0.499. The van der Waals surface area contributed by atoms with Crippen molar-refractivity contribution in [2.24, 2.45) is 5.92 Å². The molecule has 2 aromatic rings. The average molecular weight is 401 g/mol. The van der Waals surface area contributed by atoms with Crippen molar-refractivity contribution in [1.82, 2.24) is 10.2 Å². The van der Waals surface area contributed by atoms with Gasteiger partial charge in [0.05, 0.1) is 18.2 Å². The van der Waals surface area contributed by atoms with Crippen molar-refractivity contribution in [2.75, 3.05) is 19.6 Å². The van der Waals surface area contributed by atoms with Crippen molar-refractivity contribution in [3.05, 3.63) is 54.0 Å². The Morgan fingerprint density at radius 2 is 1.89 bits per heavy atom. The molecule has 0 spiro atoms. The Labute approximate surface area is 170 Å². The van der Waals surface area contributed by atoms with E-state index in [0.29, 0.717) is 29.7 Å². The van der Waals surface area contributed by atoms with E-state index in [-0.39, 0.29) is 11.8 Å². The second-order valence-corrected chi connectivity index (χ2v) is 9.19. The summed E-state index contributed by atoms with van der Waals surface area (Å²) < 4.78 is 4.99. The summed E-state index contributed by atoms with van der Waals surface area (Å²) in [6.45, 7) is 6.46. The fourth-order valence-electron chi connectivity index (χ4n) is 3.37. The third kappa shape index (κ3) is 5.89. The van der Waals surface area contributed by atoms with Gasteiger partial charge in [0.1, 0.15) is 6.26 Å². The predicted octanol–water partition coefficient (Wildman–Crippen LogP) is 3.99. The SMILES string of the molecule is CC(C)Sc1ccc(CC(=O)NCC2CCN(C(=O)c3ccoc3)CC2)cc1. The molecule has 28 heavy (non-hydrogen) atoms. The number of carbonyl (C=O) groups excluding carboxylic acids is 2. The zero-order valence-electron chi connectivity index (χ0n) is 16.5. The first-order chi connectivity index (χ1) is 13.5. The molecule has 5 nitrogen and oxygen atoms in total. The molecular weight excluding hydrogens is 372 g/mol. The Hall–Kier alpha value is -2.21. The molecule has 2 heterocycles. The van der Waals surface area contributed by atoms with E-state index in [9.17, 15) is 9.59 Å². The summed E-state index contributed by atoms with van der Waals surface area (Å²) in [6, 6.07) is 9.93. The number of benzene rings is 1. The van der Waals surface area contributed by atoms with Gasteiger partial charge in [-0.25, -0.2) is 0 Å². The maximum absolute atomic E-state index is 12.3. The molecule has 1 saturated heterocycles. The zero-order chi connectivity index (χ0) is 19.9. The standard InChI is InChI=1S/C22H28N2O3S/c1-16(2)28-20-5-3-17(4-6-20)13-21(25)23-14-18-7-10-24(11-8-18)22(26)19-9-12-27-15-19/h3-6,9,12,15-16,18H,7-8,10-11,13-14H2,1-2H3,(H,23,25). The number of thioether (sulfide) groups is 1. The van der Waals surface area contributed by atoms with Crippen LogP contribution in [0.2, 0.25) is 0 Å². The first-order valence-electron chi connectivity index (χ1n) is 9.85. The number of hydrogen-bond donors (Lipinski definition) is 1. The topological polar surface area (TPSA) is 62.6 Å². The molecule has 3 rings (SSSR count). The van der Waals surface area contributed by atoms with Crippen LogP contribution in [0.3, 0.4) is 0 Å². The summed E-state index contributed by atoms with van der Waals surface area (Å²) in [6.07, 6.45) is 5.23. The van der Waals surface area contributed by atoms with Crippen molar-refractivity contribution >= 4 is 23.6 Å². The minimum atomic E-state index is 0.0234. The van der Waals surface area contributed by atoms with Gasteiger partial charge in [-0.2, -0.15) is 0 Å². The molecule has 2 amide bonds. The van der Waals surface area contributed by atoms with Crippen molar-refractivity contribution in [2.45, 2.75) is 43.3 Å². The lowest BCUT2D eigenvalue weighted by molar-refractivity contribution is -0.120. The Bertz CT molecular complexity index is 764. The van der Waals surface area contributed by atoms with Crippen LogP contribution in [0.25, 0.3) is 0 Å². The number of furan rings is 1. The van der Waals surface area contributed by atoms with Gasteiger partial charge in [0.25, 0.3) is 5.91 Å². The molecule has 0 bridgehead atoms. The lowest BCUT2D eigenvalue weighted by atomic mass is 9.96. The van der Waals surface area contributed by atoms with Crippen molar-refractivity contribution in [3.63, 3.8) is 0 Å². The molecule has 0 atom stereocenters. The van der Waals surface area contributed by atoms with E-state index < -0.39 is 0 Å². The first kappa shape index (κ1) is 20.5. The van der Waals surface area contributed by atoms with Gasteiger partial charge < -0.3 is 14.6 Å². The van der Waals surface area contributed by atoms with Crippen LogP contribution in [-0.4, -0.2) is 41.6 Å². The second-order valence-electron chi connectivity index (χ2n) is 7.54. The molecule has 0 saturated carbocycles. The van der Waals surface area contributed by atoms with Crippen LogP contribution >= 0.6 is 11.8 Å². The van der Waals surface area contributed by atoms with Crippen molar-refractivity contribution in [3.8, 4) is 0 Å². The smallest absolute Gasteiger partial charge is 0.257 e. The third-order valence-corrected chi connectivity index (χ3v) is 5.93. The van der Waals surface area contributed by atoms with E-state index in [2.05, 4.69) is 31.3 Å². The summed E-state index contributed by atoms with van der Waals surface area (Å²) in [5, 5.41) is 3.61. The van der Waals surface area contributed by atoms with E-state index in [1.807, 2.05) is 28.8 Å². The summed E-state index contributed by atoms with van der Waals surface area (Å²) >= 11 is 1.82. The highest BCUT2D eigenvalue weighted by Gasteiger charge is 2.24. The molecular formula is C22H28N2O3S. The van der Waals surface area contributed by atoms with Crippen LogP contribution in [0.4, 0.5) is 0 Å². The average Bonchev–Trinajstić information content (AvgIpc) is 3.22. The predicted molar refractivity (Wildman–Crippen MR) is 111 cm³/mol. The largest absolute Gasteiger partial charge is 0.472 e. The third-order valence-electron chi connectivity index (χ3n) is 4.92. The Balaban J connectivity index is 1.38. The molecule has 1 aromatic carbocycles. The van der Waals surface area contributed by atoms with E-state index in [4.69, 9.17) is 4.42 Å². The minimum absolute atomic E-state index is 0.0234. The van der Waals surface area contributed by atoms with Crippen LogP contribution < -0.4 is 5.32 Å². The van der Waals surface area contributed by atoms with Crippen LogP contribution in [0.15, 0.2) is 52.2 Å². The van der Waals surface area contributed by atoms with Gasteiger partial charge in [0, 0.05) is 29.8 Å². The number of amides is 2. The van der Waals surface area contributed by atoms with Gasteiger partial charge in [-0.05, 0) is 42.5 Å². The number of nitrogens with one attached hydrogen (secondary N) is 1. The molecule has 1 N–H and O–H groups in total. The second kappa shape index (κ2) is 9.82. The molecule has 1 aliphatic rings. The highest BCUT2D eigenvalue weighted by Crippen LogP contribution is 2.23. The molecule has 0 aliphatic carbocycles. The number of nitrogens with zero attached hydrogens (tertiary/aromatic N) is 1. The normalized spacial score (nSPS) is 15.0. The molecule has 1 fully saturated rings. The molecule has 0 radical (unpaired) electrons. The van der Waals surface area contributed by atoms with Gasteiger partial charge in [0.2, 0.25) is 5.91 Å². The Morgan fingerprint density at radius 1 is 1.18 bits per heavy atom. The number of likely N-dealkylation sites (tertiary alicyclic amines) is 1.